The van der Waals surface area contributed by atoms with Gasteiger partial charge in [0.2, 0.25) is 0 Å². The van der Waals surface area contributed by atoms with Crippen LogP contribution in [0.25, 0.3) is 11.1 Å². The standard InChI is InChI=1S/C14H16N2O4/c1-16-6-4-10(5-7-16)19-14-15-11-3-2-9(13(17)18)8-12(11)20-14/h2-3,8,10H,4-7H2,1H3,(H,17,18). The molecule has 0 bridgehead atoms. The van der Waals surface area contributed by atoms with Crippen LogP contribution in [0.1, 0.15) is 23.2 Å². The molecule has 1 aromatic carbocycles. The summed E-state index contributed by atoms with van der Waals surface area (Å²) in [7, 11) is 2.09. The van der Waals surface area contributed by atoms with Crippen LogP contribution >= 0.6 is 0 Å². The third-order valence-corrected chi connectivity index (χ3v) is 3.55. The largest absolute Gasteiger partial charge is 0.478 e. The van der Waals surface area contributed by atoms with E-state index in [1.165, 1.54) is 12.1 Å². The lowest BCUT2D eigenvalue weighted by atomic mass is 10.1. The lowest BCUT2D eigenvalue weighted by molar-refractivity contribution is 0.0696. The topological polar surface area (TPSA) is 75.8 Å². The SMILES string of the molecule is CN1CCC(Oc2nc3ccc(C(=O)O)cc3o2)CC1. The minimum Gasteiger partial charge on any atom is -0.478 e. The van der Waals surface area contributed by atoms with Crippen molar-refractivity contribution in [2.24, 2.45) is 0 Å². The smallest absolute Gasteiger partial charge is 0.394 e. The molecule has 6 nitrogen and oxygen atoms in total. The number of nitrogens with zero attached hydrogens (tertiary/aromatic N) is 2. The first kappa shape index (κ1) is 12.9. The van der Waals surface area contributed by atoms with Crippen molar-refractivity contribution >= 4 is 17.1 Å². The molecule has 0 radical (unpaired) electrons. The van der Waals surface area contributed by atoms with E-state index in [-0.39, 0.29) is 17.7 Å². The highest BCUT2D eigenvalue weighted by Gasteiger charge is 2.20. The van der Waals surface area contributed by atoms with Crippen molar-refractivity contribution in [2.75, 3.05) is 20.1 Å². The maximum atomic E-state index is 10.9. The molecule has 1 aliphatic heterocycles. The van der Waals surface area contributed by atoms with Gasteiger partial charge >= 0.3 is 12.0 Å². The highest BCUT2D eigenvalue weighted by atomic mass is 16.6. The van der Waals surface area contributed by atoms with Gasteiger partial charge in [-0.25, -0.2) is 4.79 Å². The molecule has 1 saturated heterocycles. The summed E-state index contributed by atoms with van der Waals surface area (Å²) in [6, 6.07) is 4.60. The van der Waals surface area contributed by atoms with Crippen LogP contribution in [0.2, 0.25) is 0 Å². The summed E-state index contributed by atoms with van der Waals surface area (Å²) in [5, 5.41) is 8.94. The Balaban J connectivity index is 1.77. The monoisotopic (exact) mass is 276 g/mol. The van der Waals surface area contributed by atoms with Gasteiger partial charge in [-0.15, -0.1) is 0 Å². The Morgan fingerprint density at radius 2 is 2.20 bits per heavy atom. The summed E-state index contributed by atoms with van der Waals surface area (Å²) in [6.07, 6.45) is 2.21. The lowest BCUT2D eigenvalue weighted by Crippen LogP contribution is -2.35. The Morgan fingerprint density at radius 3 is 2.90 bits per heavy atom. The number of likely N-dealkylation sites (tertiary alicyclic amines) is 1. The first-order chi connectivity index (χ1) is 9.61. The highest BCUT2D eigenvalue weighted by molar-refractivity contribution is 5.91. The fraction of sp³-hybridized carbons (Fsp3) is 0.429. The molecule has 1 aromatic heterocycles. The van der Waals surface area contributed by atoms with Crippen molar-refractivity contribution in [3.63, 3.8) is 0 Å². The minimum atomic E-state index is -0.985. The quantitative estimate of drug-likeness (QED) is 0.924. The molecule has 106 valence electrons. The number of carbonyl (C=O) groups is 1. The number of fused-ring (bicyclic) bond motifs is 1. The van der Waals surface area contributed by atoms with Crippen LogP contribution in [0.15, 0.2) is 22.6 Å². The second kappa shape index (κ2) is 5.13. The summed E-state index contributed by atoms with van der Waals surface area (Å²) in [5.41, 5.74) is 1.23. The van der Waals surface area contributed by atoms with Gasteiger partial charge in [0.25, 0.3) is 0 Å². The lowest BCUT2D eigenvalue weighted by Gasteiger charge is -2.27. The summed E-state index contributed by atoms with van der Waals surface area (Å²) in [6.45, 7) is 1.99. The maximum Gasteiger partial charge on any atom is 0.394 e. The third kappa shape index (κ3) is 2.60. The summed E-state index contributed by atoms with van der Waals surface area (Å²) in [5.74, 6) is -0.985. The number of ether oxygens (including phenoxy) is 1. The normalized spacial score (nSPS) is 17.4. The predicted molar refractivity (Wildman–Crippen MR) is 72.1 cm³/mol. The zero-order chi connectivity index (χ0) is 14.1. The molecule has 2 aromatic rings. The van der Waals surface area contributed by atoms with Crippen LogP contribution in [0.4, 0.5) is 0 Å². The molecule has 0 atom stereocenters. The molecule has 2 heterocycles. The van der Waals surface area contributed by atoms with Crippen LogP contribution in [0.3, 0.4) is 0 Å². The third-order valence-electron chi connectivity index (χ3n) is 3.55. The van der Waals surface area contributed by atoms with Crippen LogP contribution in [0, 0.1) is 0 Å². The fourth-order valence-corrected chi connectivity index (χ4v) is 2.33. The van der Waals surface area contributed by atoms with E-state index in [9.17, 15) is 4.79 Å². The van der Waals surface area contributed by atoms with Crippen molar-refractivity contribution in [2.45, 2.75) is 18.9 Å². The average Bonchev–Trinajstić information content (AvgIpc) is 2.82. The second-order valence-electron chi connectivity index (χ2n) is 5.09. The van der Waals surface area contributed by atoms with Crippen LogP contribution in [-0.4, -0.2) is 47.2 Å². The first-order valence-electron chi connectivity index (χ1n) is 6.61. The van der Waals surface area contributed by atoms with E-state index in [1.54, 1.807) is 6.07 Å². The summed E-state index contributed by atoms with van der Waals surface area (Å²) < 4.78 is 11.2. The van der Waals surface area contributed by atoms with Crippen molar-refractivity contribution in [1.82, 2.24) is 9.88 Å². The fourth-order valence-electron chi connectivity index (χ4n) is 2.33. The molecule has 3 rings (SSSR count). The summed E-state index contributed by atoms with van der Waals surface area (Å²) >= 11 is 0. The van der Waals surface area contributed by atoms with E-state index in [0.29, 0.717) is 11.1 Å². The van der Waals surface area contributed by atoms with Gasteiger partial charge in [0, 0.05) is 13.1 Å². The van der Waals surface area contributed by atoms with E-state index >= 15 is 0 Å². The van der Waals surface area contributed by atoms with Gasteiger partial charge in [-0.05, 0) is 38.1 Å². The molecular formula is C14H16N2O4. The van der Waals surface area contributed by atoms with Gasteiger partial charge in [-0.2, -0.15) is 4.98 Å². The Labute approximate surface area is 116 Å². The number of carboxylic acids is 1. The number of oxazole rings is 1. The minimum absolute atomic E-state index is 0.109. The molecule has 6 heteroatoms. The molecule has 1 aliphatic rings. The number of hydrogen-bond acceptors (Lipinski definition) is 5. The Bertz CT molecular complexity index is 629. The van der Waals surface area contributed by atoms with E-state index in [1.807, 2.05) is 0 Å². The number of rotatable bonds is 3. The molecule has 0 saturated carbocycles. The van der Waals surface area contributed by atoms with Crippen molar-refractivity contribution in [3.8, 4) is 6.08 Å². The van der Waals surface area contributed by atoms with E-state index in [4.69, 9.17) is 14.3 Å². The predicted octanol–water partition coefficient (Wildman–Crippen LogP) is 2.00. The number of benzene rings is 1. The number of carboxylic acid groups (broad SMARTS) is 1. The molecule has 0 aliphatic carbocycles. The van der Waals surface area contributed by atoms with Gasteiger partial charge in [-0.1, -0.05) is 0 Å². The second-order valence-corrected chi connectivity index (χ2v) is 5.09. The van der Waals surface area contributed by atoms with Crippen molar-refractivity contribution in [3.05, 3.63) is 23.8 Å². The molecule has 0 amide bonds. The molecule has 0 unspecified atom stereocenters. The van der Waals surface area contributed by atoms with Gasteiger partial charge in [0.15, 0.2) is 5.58 Å². The molecule has 20 heavy (non-hydrogen) atoms. The molecule has 1 N–H and O–H groups in total. The number of hydrogen-bond donors (Lipinski definition) is 1. The zero-order valence-corrected chi connectivity index (χ0v) is 11.2. The molecule has 1 fully saturated rings. The highest BCUT2D eigenvalue weighted by Crippen LogP contribution is 2.24. The number of piperidine rings is 1. The molecule has 0 spiro atoms. The van der Waals surface area contributed by atoms with E-state index in [0.717, 1.165) is 25.9 Å². The van der Waals surface area contributed by atoms with Crippen LogP contribution in [-0.2, 0) is 0 Å². The van der Waals surface area contributed by atoms with Gasteiger partial charge < -0.3 is 19.2 Å². The zero-order valence-electron chi connectivity index (χ0n) is 11.2. The van der Waals surface area contributed by atoms with E-state index < -0.39 is 5.97 Å². The van der Waals surface area contributed by atoms with Crippen molar-refractivity contribution in [1.29, 1.82) is 0 Å². The maximum absolute atomic E-state index is 10.9. The average molecular weight is 276 g/mol. The number of aromatic nitrogens is 1. The number of aromatic carboxylic acids is 1. The Morgan fingerprint density at radius 1 is 1.45 bits per heavy atom. The van der Waals surface area contributed by atoms with Gasteiger partial charge in [0.05, 0.1) is 5.56 Å². The first-order valence-corrected chi connectivity index (χ1v) is 6.61. The van der Waals surface area contributed by atoms with Crippen LogP contribution < -0.4 is 4.74 Å². The van der Waals surface area contributed by atoms with Crippen LogP contribution in [0.5, 0.6) is 6.08 Å². The Kier molecular flexibility index (Phi) is 3.31. The van der Waals surface area contributed by atoms with Crippen molar-refractivity contribution < 1.29 is 19.1 Å². The van der Waals surface area contributed by atoms with Gasteiger partial charge in [0.1, 0.15) is 11.6 Å². The molecular weight excluding hydrogens is 260 g/mol. The Hall–Kier alpha value is -2.08. The van der Waals surface area contributed by atoms with E-state index in [2.05, 4.69) is 16.9 Å². The summed E-state index contributed by atoms with van der Waals surface area (Å²) in [4.78, 5) is 17.4. The van der Waals surface area contributed by atoms with Gasteiger partial charge in [-0.3, -0.25) is 0 Å².